The number of primary amides is 1. The Morgan fingerprint density at radius 3 is 2.00 bits per heavy atom. The lowest BCUT2D eigenvalue weighted by Crippen LogP contribution is -2.54. The molecule has 0 aliphatic heterocycles. The number of carbonyl (C=O) groups is 4. The second kappa shape index (κ2) is 12.7. The Morgan fingerprint density at radius 1 is 0.844 bits per heavy atom. The van der Waals surface area contributed by atoms with E-state index in [0.717, 1.165) is 11.1 Å². The highest BCUT2D eigenvalue weighted by Gasteiger charge is 2.28. The lowest BCUT2D eigenvalue weighted by molar-refractivity contribution is -0.145. The van der Waals surface area contributed by atoms with Crippen molar-refractivity contribution in [2.24, 2.45) is 5.73 Å². The minimum absolute atomic E-state index is 0.0269. The van der Waals surface area contributed by atoms with Crippen molar-refractivity contribution in [1.82, 2.24) is 10.6 Å². The first kappa shape index (κ1) is 24.4. The third kappa shape index (κ3) is 8.47. The Balaban J connectivity index is 2.06. The molecular weight excluding hydrogens is 414 g/mol. The van der Waals surface area contributed by atoms with E-state index in [-0.39, 0.29) is 19.6 Å². The van der Waals surface area contributed by atoms with Crippen LogP contribution in [-0.4, -0.2) is 42.6 Å². The van der Waals surface area contributed by atoms with Gasteiger partial charge in [-0.15, -0.1) is 0 Å². The average Bonchev–Trinajstić information content (AvgIpc) is 2.78. The Labute approximate surface area is 186 Å². The summed E-state index contributed by atoms with van der Waals surface area (Å²) in [5.41, 5.74) is 6.88. The van der Waals surface area contributed by atoms with E-state index < -0.39 is 42.4 Å². The van der Waals surface area contributed by atoms with Crippen LogP contribution in [0.25, 0.3) is 0 Å². The molecule has 2 aromatic rings. The molecule has 0 aliphatic carbocycles. The molecule has 0 radical (unpaired) electrons. The number of hydrogen-bond acceptors (Lipinski definition) is 6. The molecule has 0 unspecified atom stereocenters. The fourth-order valence-electron chi connectivity index (χ4n) is 2.85. The number of ether oxygens (including phenoxy) is 2. The first-order valence-corrected chi connectivity index (χ1v) is 10.2. The maximum Gasteiger partial charge on any atom is 0.408 e. The minimum atomic E-state index is -1.28. The molecule has 32 heavy (non-hydrogen) atoms. The summed E-state index contributed by atoms with van der Waals surface area (Å²) >= 11 is 0. The quantitative estimate of drug-likeness (QED) is 0.452. The summed E-state index contributed by atoms with van der Waals surface area (Å²) in [5, 5.41) is 4.94. The lowest BCUT2D eigenvalue weighted by atomic mass is 10.0. The van der Waals surface area contributed by atoms with Crippen molar-refractivity contribution in [3.8, 4) is 0 Å². The smallest absolute Gasteiger partial charge is 0.408 e. The summed E-state index contributed by atoms with van der Waals surface area (Å²) < 4.78 is 10.0. The maximum absolute atomic E-state index is 12.9. The lowest BCUT2D eigenvalue weighted by Gasteiger charge is -2.21. The largest absolute Gasteiger partial charge is 0.466 e. The predicted octanol–water partition coefficient (Wildman–Crippen LogP) is 1.45. The molecule has 4 N–H and O–H groups in total. The van der Waals surface area contributed by atoms with Crippen LogP contribution < -0.4 is 16.4 Å². The zero-order valence-electron chi connectivity index (χ0n) is 17.8. The molecule has 0 saturated heterocycles. The van der Waals surface area contributed by atoms with E-state index in [1.807, 2.05) is 24.3 Å². The Bertz CT molecular complexity index is 904. The zero-order chi connectivity index (χ0) is 23.3. The van der Waals surface area contributed by atoms with Gasteiger partial charge in [0.25, 0.3) is 0 Å². The number of hydrogen-bond donors (Lipinski definition) is 3. The second-order valence-corrected chi connectivity index (χ2v) is 6.92. The van der Waals surface area contributed by atoms with Gasteiger partial charge in [0.1, 0.15) is 18.7 Å². The summed E-state index contributed by atoms with van der Waals surface area (Å²) in [4.78, 5) is 48.6. The summed E-state index contributed by atoms with van der Waals surface area (Å²) in [5.74, 6) is -2.25. The first-order valence-electron chi connectivity index (χ1n) is 10.2. The van der Waals surface area contributed by atoms with Gasteiger partial charge in [-0.2, -0.15) is 0 Å². The van der Waals surface area contributed by atoms with Gasteiger partial charge in [0, 0.05) is 6.42 Å². The van der Waals surface area contributed by atoms with Crippen LogP contribution in [0, 0.1) is 0 Å². The number of esters is 1. The molecular formula is C23H27N3O6. The van der Waals surface area contributed by atoms with Crippen LogP contribution in [0.3, 0.4) is 0 Å². The molecule has 0 aromatic heterocycles. The SMILES string of the molecule is CCOC(=O)C[C@@H](NC(=O)[C@H](Cc1ccccc1)NC(=O)OCc1ccccc1)C(N)=O. The molecule has 2 aromatic carbocycles. The molecule has 0 bridgehead atoms. The topological polar surface area (TPSA) is 137 Å². The molecule has 9 nitrogen and oxygen atoms in total. The number of amides is 3. The van der Waals surface area contributed by atoms with Gasteiger partial charge >= 0.3 is 12.1 Å². The fourth-order valence-corrected chi connectivity index (χ4v) is 2.85. The number of benzene rings is 2. The van der Waals surface area contributed by atoms with Crippen LogP contribution in [0.15, 0.2) is 60.7 Å². The van der Waals surface area contributed by atoms with E-state index in [1.165, 1.54) is 0 Å². The molecule has 170 valence electrons. The van der Waals surface area contributed by atoms with Gasteiger partial charge in [0.15, 0.2) is 0 Å². The Hall–Kier alpha value is -3.88. The molecule has 0 spiro atoms. The van der Waals surface area contributed by atoms with Crippen molar-refractivity contribution in [2.45, 2.75) is 38.5 Å². The van der Waals surface area contributed by atoms with E-state index in [0.29, 0.717) is 0 Å². The monoisotopic (exact) mass is 441 g/mol. The Kier molecular flexibility index (Phi) is 9.70. The molecule has 3 amide bonds. The van der Waals surface area contributed by atoms with Crippen LogP contribution >= 0.6 is 0 Å². The van der Waals surface area contributed by atoms with Crippen LogP contribution in [0.5, 0.6) is 0 Å². The first-order chi connectivity index (χ1) is 15.4. The van der Waals surface area contributed by atoms with Crippen LogP contribution in [0.2, 0.25) is 0 Å². The number of nitrogens with two attached hydrogens (primary N) is 1. The van der Waals surface area contributed by atoms with E-state index in [1.54, 1.807) is 43.3 Å². The van der Waals surface area contributed by atoms with Gasteiger partial charge in [0.05, 0.1) is 13.0 Å². The van der Waals surface area contributed by atoms with Gasteiger partial charge < -0.3 is 25.8 Å². The highest BCUT2D eigenvalue weighted by Crippen LogP contribution is 2.06. The maximum atomic E-state index is 12.9. The average molecular weight is 441 g/mol. The van der Waals surface area contributed by atoms with Crippen LogP contribution in [-0.2, 0) is 36.9 Å². The number of alkyl carbamates (subject to hydrolysis) is 1. The second-order valence-electron chi connectivity index (χ2n) is 6.92. The van der Waals surface area contributed by atoms with Gasteiger partial charge in [-0.05, 0) is 18.1 Å². The third-order valence-corrected chi connectivity index (χ3v) is 4.44. The van der Waals surface area contributed by atoms with Crippen molar-refractivity contribution >= 4 is 23.9 Å². The number of nitrogens with one attached hydrogen (secondary N) is 2. The van der Waals surface area contributed by atoms with Crippen molar-refractivity contribution < 1.29 is 28.7 Å². The van der Waals surface area contributed by atoms with Gasteiger partial charge in [-0.25, -0.2) is 4.79 Å². The predicted molar refractivity (Wildman–Crippen MR) is 116 cm³/mol. The van der Waals surface area contributed by atoms with Crippen molar-refractivity contribution in [3.63, 3.8) is 0 Å². The van der Waals surface area contributed by atoms with Crippen LogP contribution in [0.1, 0.15) is 24.5 Å². The number of carbonyl (C=O) groups excluding carboxylic acids is 4. The molecule has 0 fully saturated rings. The molecule has 0 saturated carbocycles. The fraction of sp³-hybridized carbons (Fsp3) is 0.304. The van der Waals surface area contributed by atoms with Crippen molar-refractivity contribution in [1.29, 1.82) is 0 Å². The summed E-state index contributed by atoms with van der Waals surface area (Å²) in [6.07, 6.45) is -1.07. The zero-order valence-corrected chi connectivity index (χ0v) is 17.8. The number of rotatable bonds is 11. The van der Waals surface area contributed by atoms with Crippen molar-refractivity contribution in [3.05, 3.63) is 71.8 Å². The van der Waals surface area contributed by atoms with Crippen LogP contribution in [0.4, 0.5) is 4.79 Å². The molecule has 2 rings (SSSR count). The van der Waals surface area contributed by atoms with E-state index in [9.17, 15) is 19.2 Å². The summed E-state index contributed by atoms with van der Waals surface area (Å²) in [6.45, 7) is 1.78. The minimum Gasteiger partial charge on any atom is -0.466 e. The highest BCUT2D eigenvalue weighted by molar-refractivity contribution is 5.93. The molecule has 2 atom stereocenters. The summed E-state index contributed by atoms with van der Waals surface area (Å²) in [6, 6.07) is 15.7. The normalized spacial score (nSPS) is 12.2. The van der Waals surface area contributed by atoms with E-state index >= 15 is 0 Å². The van der Waals surface area contributed by atoms with Gasteiger partial charge in [-0.3, -0.25) is 14.4 Å². The van der Waals surface area contributed by atoms with E-state index in [4.69, 9.17) is 15.2 Å². The Morgan fingerprint density at radius 2 is 1.44 bits per heavy atom. The van der Waals surface area contributed by atoms with Gasteiger partial charge in [-0.1, -0.05) is 60.7 Å². The molecule has 0 heterocycles. The summed E-state index contributed by atoms with van der Waals surface area (Å²) in [7, 11) is 0. The van der Waals surface area contributed by atoms with Gasteiger partial charge in [0.2, 0.25) is 11.8 Å². The van der Waals surface area contributed by atoms with E-state index in [2.05, 4.69) is 10.6 Å². The molecule has 9 heteroatoms. The third-order valence-electron chi connectivity index (χ3n) is 4.44. The molecule has 0 aliphatic rings. The van der Waals surface area contributed by atoms with Crippen molar-refractivity contribution in [2.75, 3.05) is 6.61 Å². The standard InChI is InChI=1S/C23H27N3O6/c1-2-31-20(27)14-18(21(24)28)25-22(29)19(13-16-9-5-3-6-10-16)26-23(30)32-15-17-11-7-4-8-12-17/h3-12,18-19H,2,13-15H2,1H3,(H2,24,28)(H,25,29)(H,26,30)/t18-,19+/m1/s1. The highest BCUT2D eigenvalue weighted by atomic mass is 16.5.